The van der Waals surface area contributed by atoms with Crippen LogP contribution in [0, 0.1) is 11.8 Å². The number of carboxylic acid groups (broad SMARTS) is 1. The highest BCUT2D eigenvalue weighted by Gasteiger charge is 2.33. The first kappa shape index (κ1) is 29.0. The largest absolute Gasteiger partial charge is 0.472 e. The van der Waals surface area contributed by atoms with Crippen molar-refractivity contribution in [3.8, 4) is 11.8 Å². The Hall–Kier alpha value is -2.61. The fourth-order valence-corrected chi connectivity index (χ4v) is 6.24. The highest BCUT2D eigenvalue weighted by Crippen LogP contribution is 2.36. The number of hydrogen-bond acceptors (Lipinski definition) is 4. The summed E-state index contributed by atoms with van der Waals surface area (Å²) in [4.78, 5) is 11.5. The SMILES string of the molecule is CCC(C#CC(=O)O)(c1ccc(Cl)cc1)n1ccc2c(S(=O)(=O)NCCOCC[Si](C)(C)C)cccc21. The summed E-state index contributed by atoms with van der Waals surface area (Å²) < 4.78 is 36.5. The number of ether oxygens (including phenoxy) is 1. The van der Waals surface area contributed by atoms with Crippen LogP contribution in [-0.4, -0.2) is 51.9 Å². The third-order valence-corrected chi connectivity index (χ3v) is 9.61. The van der Waals surface area contributed by atoms with Gasteiger partial charge in [0.05, 0.1) is 17.0 Å². The number of nitrogens with one attached hydrogen (secondary N) is 1. The zero-order chi connectivity index (χ0) is 27.3. The fourth-order valence-electron chi connectivity index (χ4n) is 4.13. The summed E-state index contributed by atoms with van der Waals surface area (Å²) in [6.45, 7) is 9.77. The molecule has 1 aromatic heterocycles. The standard InChI is InChI=1S/C27H33ClN2O5SSi/c1-5-27(15-13-26(31)32,21-9-11-22(28)12-10-21)30-17-14-23-24(30)7-6-8-25(23)36(33,34)29-16-18-35-19-20-37(2,3)4/h6-12,14,17,29H,5,16,18-20H2,1-4H3,(H,31,32). The van der Waals surface area contributed by atoms with E-state index in [0.29, 0.717) is 35.6 Å². The Morgan fingerprint density at radius 1 is 1.14 bits per heavy atom. The maximum atomic E-state index is 13.2. The zero-order valence-corrected chi connectivity index (χ0v) is 24.1. The summed E-state index contributed by atoms with van der Waals surface area (Å²) in [5.41, 5.74) is 0.309. The molecular weight excluding hydrogens is 528 g/mol. The first-order valence-electron chi connectivity index (χ1n) is 12.1. The smallest absolute Gasteiger partial charge is 0.381 e. The molecule has 0 spiro atoms. The van der Waals surface area contributed by atoms with Gasteiger partial charge in [0.25, 0.3) is 0 Å². The molecule has 37 heavy (non-hydrogen) atoms. The second-order valence-electron chi connectivity index (χ2n) is 9.97. The summed E-state index contributed by atoms with van der Waals surface area (Å²) >= 11 is 6.10. The average Bonchev–Trinajstić information content (AvgIpc) is 3.27. The molecule has 0 aliphatic carbocycles. The Kier molecular flexibility index (Phi) is 9.26. The predicted octanol–water partition coefficient (Wildman–Crippen LogP) is 5.17. The van der Waals surface area contributed by atoms with E-state index >= 15 is 0 Å². The number of carboxylic acids is 1. The number of aromatic nitrogens is 1. The van der Waals surface area contributed by atoms with E-state index in [9.17, 15) is 18.3 Å². The predicted molar refractivity (Wildman–Crippen MR) is 150 cm³/mol. The van der Waals surface area contributed by atoms with Gasteiger partial charge in [-0.05, 0) is 48.4 Å². The molecule has 0 radical (unpaired) electrons. The summed E-state index contributed by atoms with van der Waals surface area (Å²) in [6.07, 6.45) is 2.18. The third-order valence-electron chi connectivity index (χ3n) is 6.14. The van der Waals surface area contributed by atoms with Crippen molar-refractivity contribution in [1.82, 2.24) is 9.29 Å². The topological polar surface area (TPSA) is 97.6 Å². The van der Waals surface area contributed by atoms with Crippen molar-refractivity contribution in [3.63, 3.8) is 0 Å². The molecule has 0 bridgehead atoms. The zero-order valence-electron chi connectivity index (χ0n) is 21.5. The number of carbonyl (C=O) groups is 1. The summed E-state index contributed by atoms with van der Waals surface area (Å²) in [5.74, 6) is 3.95. The molecule has 2 aromatic carbocycles. The van der Waals surface area contributed by atoms with Gasteiger partial charge in [0.2, 0.25) is 10.0 Å². The van der Waals surface area contributed by atoms with E-state index in [0.717, 1.165) is 11.6 Å². The number of fused-ring (bicyclic) bond motifs is 1. The van der Waals surface area contributed by atoms with Gasteiger partial charge in [-0.3, -0.25) is 0 Å². The van der Waals surface area contributed by atoms with E-state index in [-0.39, 0.29) is 11.4 Å². The van der Waals surface area contributed by atoms with Gasteiger partial charge in [0.15, 0.2) is 0 Å². The molecule has 0 aliphatic rings. The maximum absolute atomic E-state index is 13.2. The molecule has 1 unspecified atom stereocenters. The van der Waals surface area contributed by atoms with Crippen LogP contribution in [0.3, 0.4) is 0 Å². The minimum Gasteiger partial charge on any atom is -0.472 e. The van der Waals surface area contributed by atoms with Crippen molar-refractivity contribution in [2.75, 3.05) is 19.8 Å². The van der Waals surface area contributed by atoms with Crippen LogP contribution < -0.4 is 4.72 Å². The van der Waals surface area contributed by atoms with E-state index in [2.05, 4.69) is 36.2 Å². The third kappa shape index (κ3) is 7.03. The van der Waals surface area contributed by atoms with Crippen molar-refractivity contribution >= 4 is 46.6 Å². The van der Waals surface area contributed by atoms with Crippen LogP contribution in [-0.2, 0) is 25.1 Å². The van der Waals surface area contributed by atoms with Gasteiger partial charge in [-0.2, -0.15) is 0 Å². The van der Waals surface area contributed by atoms with E-state index in [4.69, 9.17) is 16.3 Å². The molecule has 3 aromatic rings. The number of nitrogens with zero attached hydrogens (tertiary/aromatic N) is 1. The van der Waals surface area contributed by atoms with E-state index in [1.54, 1.807) is 54.7 Å². The Balaban J connectivity index is 1.97. The lowest BCUT2D eigenvalue weighted by molar-refractivity contribution is -0.130. The van der Waals surface area contributed by atoms with Gasteiger partial charge >= 0.3 is 5.97 Å². The molecule has 0 fully saturated rings. The molecule has 10 heteroatoms. The lowest BCUT2D eigenvalue weighted by Gasteiger charge is -2.31. The minimum atomic E-state index is -3.82. The van der Waals surface area contributed by atoms with Crippen LogP contribution in [0.15, 0.2) is 59.6 Å². The van der Waals surface area contributed by atoms with Crippen molar-refractivity contribution in [2.24, 2.45) is 0 Å². The fraction of sp³-hybridized carbons (Fsp3) is 0.370. The van der Waals surface area contributed by atoms with E-state index < -0.39 is 29.6 Å². The van der Waals surface area contributed by atoms with Crippen molar-refractivity contribution in [2.45, 2.75) is 49.5 Å². The van der Waals surface area contributed by atoms with Gasteiger partial charge in [-0.1, -0.05) is 62.3 Å². The quantitative estimate of drug-likeness (QED) is 0.191. The molecule has 1 atom stereocenters. The minimum absolute atomic E-state index is 0.137. The van der Waals surface area contributed by atoms with E-state index in [1.165, 1.54) is 0 Å². The number of sulfonamides is 1. The van der Waals surface area contributed by atoms with Crippen LogP contribution in [0.25, 0.3) is 10.9 Å². The van der Waals surface area contributed by atoms with Crippen LogP contribution in [0.5, 0.6) is 0 Å². The second kappa shape index (κ2) is 11.8. The van der Waals surface area contributed by atoms with Gasteiger partial charge in [-0.25, -0.2) is 17.9 Å². The maximum Gasteiger partial charge on any atom is 0.381 e. The number of aliphatic carboxylic acids is 1. The number of benzene rings is 2. The van der Waals surface area contributed by atoms with Crippen LogP contribution >= 0.6 is 11.6 Å². The molecule has 198 valence electrons. The van der Waals surface area contributed by atoms with E-state index in [1.807, 2.05) is 11.5 Å². The molecule has 0 aliphatic heterocycles. The normalized spacial score (nSPS) is 13.6. The molecule has 0 saturated carbocycles. The van der Waals surface area contributed by atoms with Crippen LogP contribution in [0.1, 0.15) is 18.9 Å². The highest BCUT2D eigenvalue weighted by atomic mass is 35.5. The molecule has 2 N–H and O–H groups in total. The monoisotopic (exact) mass is 560 g/mol. The molecule has 7 nitrogen and oxygen atoms in total. The molecule has 1 heterocycles. The van der Waals surface area contributed by atoms with Crippen LogP contribution in [0.4, 0.5) is 0 Å². The number of rotatable bonds is 11. The summed E-state index contributed by atoms with van der Waals surface area (Å²) in [7, 11) is -5.03. The van der Waals surface area contributed by atoms with Crippen molar-refractivity contribution in [1.29, 1.82) is 0 Å². The lowest BCUT2D eigenvalue weighted by Crippen LogP contribution is -2.32. The van der Waals surface area contributed by atoms with Gasteiger partial charge in [0.1, 0.15) is 5.54 Å². The first-order valence-corrected chi connectivity index (χ1v) is 17.7. The summed E-state index contributed by atoms with van der Waals surface area (Å²) in [5, 5.41) is 10.4. The first-order chi connectivity index (χ1) is 17.4. The molecule has 0 saturated heterocycles. The van der Waals surface area contributed by atoms with Gasteiger partial charge in [0, 0.05) is 43.8 Å². The second-order valence-corrected chi connectivity index (χ2v) is 17.8. The van der Waals surface area contributed by atoms with Gasteiger partial charge < -0.3 is 14.4 Å². The van der Waals surface area contributed by atoms with Crippen LogP contribution in [0.2, 0.25) is 30.7 Å². The number of hydrogen-bond donors (Lipinski definition) is 2. The van der Waals surface area contributed by atoms with Crippen molar-refractivity contribution < 1.29 is 23.1 Å². The molecule has 3 rings (SSSR count). The molecular formula is C27H33ClN2O5SSi. The average molecular weight is 561 g/mol. The Morgan fingerprint density at radius 3 is 2.46 bits per heavy atom. The Morgan fingerprint density at radius 2 is 1.84 bits per heavy atom. The van der Waals surface area contributed by atoms with Crippen molar-refractivity contribution in [3.05, 3.63) is 65.3 Å². The Labute approximate surface area is 224 Å². The van der Waals surface area contributed by atoms with Gasteiger partial charge in [-0.15, -0.1) is 0 Å². The summed E-state index contributed by atoms with van der Waals surface area (Å²) in [6, 6.07) is 14.8. The number of halogens is 1. The highest BCUT2D eigenvalue weighted by molar-refractivity contribution is 7.89. The lowest BCUT2D eigenvalue weighted by atomic mass is 9.87. The Bertz CT molecular complexity index is 1420. The molecule has 0 amide bonds.